The first-order valence-corrected chi connectivity index (χ1v) is 6.23. The average Bonchev–Trinajstić information content (AvgIpc) is 2.82. The van der Waals surface area contributed by atoms with Gasteiger partial charge in [0.2, 0.25) is 0 Å². The van der Waals surface area contributed by atoms with Crippen LogP contribution in [0.25, 0.3) is 0 Å². The van der Waals surface area contributed by atoms with Crippen molar-refractivity contribution in [3.63, 3.8) is 0 Å². The van der Waals surface area contributed by atoms with Crippen molar-refractivity contribution in [1.29, 1.82) is 5.26 Å². The monoisotopic (exact) mass is 265 g/mol. The molecule has 0 radical (unpaired) electrons. The van der Waals surface area contributed by atoms with Gasteiger partial charge in [-0.25, -0.2) is 0 Å². The summed E-state index contributed by atoms with van der Waals surface area (Å²) in [6, 6.07) is 2.92. The maximum atomic E-state index is 8.80. The van der Waals surface area contributed by atoms with Gasteiger partial charge in [-0.1, -0.05) is 0 Å². The Morgan fingerprint density at radius 2 is 2.33 bits per heavy atom. The van der Waals surface area contributed by atoms with Crippen LogP contribution in [0.1, 0.15) is 43.3 Å². The van der Waals surface area contributed by atoms with Crippen molar-refractivity contribution in [2.75, 3.05) is 0 Å². The van der Waals surface area contributed by atoms with Crippen molar-refractivity contribution in [3.8, 4) is 6.07 Å². The van der Waals surface area contributed by atoms with Crippen LogP contribution >= 0.6 is 15.9 Å². The molecule has 0 bridgehead atoms. The fourth-order valence-electron chi connectivity index (χ4n) is 2.11. The molecule has 1 aromatic rings. The van der Waals surface area contributed by atoms with E-state index < -0.39 is 0 Å². The highest BCUT2D eigenvalue weighted by atomic mass is 79.9. The number of aromatic nitrogens is 2. The molecule has 2 atom stereocenters. The molecule has 3 nitrogen and oxygen atoms in total. The molecule has 0 unspecified atom stereocenters. The fraction of sp³-hybridized carbons (Fsp3) is 0.636. The minimum Gasteiger partial charge on any atom is -0.268 e. The molecular formula is C11H12BrN3. The van der Waals surface area contributed by atoms with Gasteiger partial charge in [-0.3, -0.25) is 4.68 Å². The third-order valence-corrected chi connectivity index (χ3v) is 4.08. The van der Waals surface area contributed by atoms with Gasteiger partial charge in [-0.15, -0.1) is 0 Å². The molecule has 4 heteroatoms. The molecule has 0 spiro atoms. The summed E-state index contributed by atoms with van der Waals surface area (Å²) in [4.78, 5) is 0. The molecular weight excluding hydrogens is 254 g/mol. The van der Waals surface area contributed by atoms with E-state index in [0.29, 0.717) is 12.0 Å². The zero-order valence-corrected chi connectivity index (χ0v) is 9.94. The Kier molecular flexibility index (Phi) is 2.10. The normalized spacial score (nSPS) is 29.6. The van der Waals surface area contributed by atoms with E-state index in [1.165, 1.54) is 19.3 Å². The van der Waals surface area contributed by atoms with Crippen LogP contribution in [0.4, 0.5) is 0 Å². The minimum absolute atomic E-state index is 0.200. The molecule has 3 rings (SSSR count). The van der Waals surface area contributed by atoms with E-state index >= 15 is 0 Å². The Hall–Kier alpha value is -0.820. The van der Waals surface area contributed by atoms with Crippen molar-refractivity contribution in [2.45, 2.75) is 37.6 Å². The summed E-state index contributed by atoms with van der Waals surface area (Å²) in [7, 11) is 0. The highest BCUT2D eigenvalue weighted by Gasteiger charge is 2.42. The minimum atomic E-state index is 0.200. The molecule has 0 amide bonds. The lowest BCUT2D eigenvalue weighted by Gasteiger charge is -2.25. The summed E-state index contributed by atoms with van der Waals surface area (Å²) in [5.41, 5.74) is 1.09. The van der Waals surface area contributed by atoms with E-state index in [4.69, 9.17) is 5.26 Å². The van der Waals surface area contributed by atoms with E-state index in [9.17, 15) is 0 Å². The van der Waals surface area contributed by atoms with Crippen LogP contribution in [0, 0.1) is 17.2 Å². The van der Waals surface area contributed by atoms with Gasteiger partial charge in [0.15, 0.2) is 0 Å². The quantitative estimate of drug-likeness (QED) is 0.825. The van der Waals surface area contributed by atoms with Gasteiger partial charge < -0.3 is 0 Å². The molecule has 1 heterocycles. The Morgan fingerprint density at radius 1 is 1.53 bits per heavy atom. The lowest BCUT2D eigenvalue weighted by molar-refractivity contribution is 0.288. The highest BCUT2D eigenvalue weighted by molar-refractivity contribution is 9.10. The summed E-state index contributed by atoms with van der Waals surface area (Å²) in [5, 5.41) is 13.4. The summed E-state index contributed by atoms with van der Waals surface area (Å²) >= 11 is 3.54. The number of rotatable bonds is 2. The van der Waals surface area contributed by atoms with Crippen molar-refractivity contribution in [2.24, 2.45) is 5.92 Å². The summed E-state index contributed by atoms with van der Waals surface area (Å²) < 4.78 is 3.16. The molecule has 1 aromatic heterocycles. The number of nitrogens with zero attached hydrogens (tertiary/aromatic N) is 3. The van der Waals surface area contributed by atoms with Gasteiger partial charge in [0, 0.05) is 12.1 Å². The Bertz CT molecular complexity index is 428. The maximum absolute atomic E-state index is 8.80. The lowest BCUT2D eigenvalue weighted by atomic mass is 9.93. The second-order valence-electron chi connectivity index (χ2n) is 4.50. The van der Waals surface area contributed by atoms with Gasteiger partial charge in [0.05, 0.1) is 28.2 Å². The molecule has 0 saturated heterocycles. The van der Waals surface area contributed by atoms with E-state index in [1.807, 2.05) is 0 Å². The molecule has 78 valence electrons. The van der Waals surface area contributed by atoms with Gasteiger partial charge in [0.25, 0.3) is 0 Å². The third kappa shape index (κ3) is 1.50. The standard InChI is InChI=1S/C11H12BrN3/c12-10-6-15(8-2-1-3-8)14-11(10)9-4-7(9)5-13/h6-9H,1-4H2/t7-,9+/m0/s1. The topological polar surface area (TPSA) is 41.6 Å². The molecule has 2 aliphatic rings. The highest BCUT2D eigenvalue weighted by Crippen LogP contribution is 2.48. The number of hydrogen-bond acceptors (Lipinski definition) is 2. The summed E-state index contributed by atoms with van der Waals surface area (Å²) in [6.07, 6.45) is 6.88. The smallest absolute Gasteiger partial charge is 0.0811 e. The number of nitriles is 1. The number of hydrogen-bond donors (Lipinski definition) is 0. The van der Waals surface area contributed by atoms with E-state index in [2.05, 4.69) is 38.0 Å². The zero-order chi connectivity index (χ0) is 10.4. The zero-order valence-electron chi connectivity index (χ0n) is 8.36. The van der Waals surface area contributed by atoms with Crippen LogP contribution in [0.15, 0.2) is 10.7 Å². The Morgan fingerprint density at radius 3 is 2.87 bits per heavy atom. The van der Waals surface area contributed by atoms with Gasteiger partial charge in [-0.2, -0.15) is 10.4 Å². The van der Waals surface area contributed by atoms with Crippen molar-refractivity contribution in [3.05, 3.63) is 16.4 Å². The number of halogens is 1. The molecule has 2 saturated carbocycles. The summed E-state index contributed by atoms with van der Waals surface area (Å²) in [5.74, 6) is 0.580. The predicted molar refractivity (Wildman–Crippen MR) is 59.3 cm³/mol. The van der Waals surface area contributed by atoms with Crippen molar-refractivity contribution in [1.82, 2.24) is 9.78 Å². The first-order valence-electron chi connectivity index (χ1n) is 5.43. The predicted octanol–water partition coefficient (Wildman–Crippen LogP) is 3.00. The van der Waals surface area contributed by atoms with Crippen molar-refractivity contribution >= 4 is 15.9 Å². The van der Waals surface area contributed by atoms with Gasteiger partial charge >= 0.3 is 0 Å². The maximum Gasteiger partial charge on any atom is 0.0811 e. The van der Waals surface area contributed by atoms with Crippen LogP contribution in [-0.2, 0) is 0 Å². The first kappa shape index (κ1) is 9.41. The molecule has 0 N–H and O–H groups in total. The van der Waals surface area contributed by atoms with E-state index in [1.54, 1.807) is 0 Å². The van der Waals surface area contributed by atoms with Crippen LogP contribution in [0.5, 0.6) is 0 Å². The molecule has 2 aliphatic carbocycles. The van der Waals surface area contributed by atoms with Crippen LogP contribution in [-0.4, -0.2) is 9.78 Å². The third-order valence-electron chi connectivity index (χ3n) is 3.47. The summed E-state index contributed by atoms with van der Waals surface area (Å²) in [6.45, 7) is 0. The second kappa shape index (κ2) is 3.34. The van der Waals surface area contributed by atoms with Crippen LogP contribution in [0.2, 0.25) is 0 Å². The van der Waals surface area contributed by atoms with Crippen molar-refractivity contribution < 1.29 is 0 Å². The largest absolute Gasteiger partial charge is 0.268 e. The Labute approximate surface area is 97.2 Å². The fourth-order valence-corrected chi connectivity index (χ4v) is 2.70. The van der Waals surface area contributed by atoms with Gasteiger partial charge in [-0.05, 0) is 41.6 Å². The first-order chi connectivity index (χ1) is 7.29. The average molecular weight is 266 g/mol. The molecule has 2 fully saturated rings. The van der Waals surface area contributed by atoms with Crippen LogP contribution in [0.3, 0.4) is 0 Å². The SMILES string of the molecule is N#C[C@@H]1C[C@H]1c1nn(C2CCC2)cc1Br. The van der Waals surface area contributed by atoms with E-state index in [0.717, 1.165) is 16.6 Å². The molecule has 0 aromatic carbocycles. The second-order valence-corrected chi connectivity index (χ2v) is 5.36. The molecule has 0 aliphatic heterocycles. The van der Waals surface area contributed by atoms with E-state index in [-0.39, 0.29) is 5.92 Å². The Balaban J connectivity index is 1.83. The van der Waals surface area contributed by atoms with Gasteiger partial charge in [0.1, 0.15) is 0 Å². The molecule has 15 heavy (non-hydrogen) atoms. The lowest BCUT2D eigenvalue weighted by Crippen LogP contribution is -2.17. The van der Waals surface area contributed by atoms with Crippen LogP contribution < -0.4 is 0 Å².